The van der Waals surface area contributed by atoms with Gasteiger partial charge in [0, 0.05) is 12.2 Å². The number of sulfone groups is 2. The Hall–Kier alpha value is -9.68. The topological polar surface area (TPSA) is 736 Å². The molecule has 6 aromatic carbocycles. The zero-order chi connectivity index (χ0) is 75.5. The minimum Gasteiger partial charge on any atom is -0.396 e. The second kappa shape index (κ2) is 31.9. The number of aromatic nitrogens is 3. The van der Waals surface area contributed by atoms with E-state index in [2.05, 4.69) is 80.2 Å². The molecule has 0 spiro atoms. The van der Waals surface area contributed by atoms with Crippen LogP contribution in [0.15, 0.2) is 179 Å². The molecule has 0 fully saturated rings. The first-order chi connectivity index (χ1) is 46.5. The fourth-order valence-electron chi connectivity index (χ4n) is 7.32. The van der Waals surface area contributed by atoms with E-state index in [9.17, 15) is 98.6 Å². The van der Waals surface area contributed by atoms with Gasteiger partial charge in [0.15, 0.2) is 19.7 Å². The lowest BCUT2D eigenvalue weighted by atomic mass is 10.2. The third kappa shape index (κ3) is 24.9. The van der Waals surface area contributed by atoms with Crippen molar-refractivity contribution in [2.24, 2.45) is 46.6 Å². The Labute approximate surface area is 569 Å². The molecule has 0 aliphatic carbocycles. The van der Waals surface area contributed by atoms with Crippen LogP contribution in [-0.2, 0) is 99.4 Å². The number of nitrogens with one attached hydrogen (secondary N) is 3. The number of hydrogen-bond acceptors (Lipinski definition) is 36. The summed E-state index contributed by atoms with van der Waals surface area (Å²) in [4.78, 5) is 18.0. The highest BCUT2D eigenvalue weighted by Crippen LogP contribution is 2.44. The number of urea groups is 1. The Bertz CT molecular complexity index is 5590. The molecule has 0 unspecified atom stereocenters. The summed E-state index contributed by atoms with van der Waals surface area (Å²) in [5.74, 6) is -3.34. The lowest BCUT2D eigenvalue weighted by Gasteiger charge is -2.11. The number of primary amides is 1. The van der Waals surface area contributed by atoms with Gasteiger partial charge in [0.25, 0.3) is 50.6 Å². The normalized spacial score (nSPS) is 13.0. The number of benzene rings is 6. The number of anilines is 6. The number of nitrogens with two attached hydrogens (primary N) is 3. The van der Waals surface area contributed by atoms with Gasteiger partial charge in [0.1, 0.15) is 43.1 Å². The van der Waals surface area contributed by atoms with Crippen molar-refractivity contribution in [1.82, 2.24) is 15.0 Å². The summed E-state index contributed by atoms with van der Waals surface area (Å²) < 4.78 is 296. The number of nitrogens with zero attached hydrogens (tertiary/aromatic N) is 11. The van der Waals surface area contributed by atoms with Crippen LogP contribution in [-0.4, -0.2) is 166 Å². The van der Waals surface area contributed by atoms with Crippen LogP contribution in [0.4, 0.5) is 89.3 Å². The third-order valence-corrected chi connectivity index (χ3v) is 20.3. The van der Waals surface area contributed by atoms with Gasteiger partial charge >= 0.3 is 32.9 Å². The number of nitrogen functional groups attached to an aromatic ring is 2. The number of rotatable bonds is 29. The van der Waals surface area contributed by atoms with E-state index in [0.29, 0.717) is 12.1 Å². The predicted octanol–water partition coefficient (Wildman–Crippen LogP) is 5.23. The molecule has 45 nitrogen and oxygen atoms in total. The molecular weight excluding hydrogens is 1550 g/mol. The van der Waals surface area contributed by atoms with Gasteiger partial charge < -0.3 is 33.2 Å². The minimum absolute atomic E-state index is 0.0662. The Kier molecular flexibility index (Phi) is 25.4. The molecule has 1 heterocycles. The van der Waals surface area contributed by atoms with E-state index < -0.39 is 182 Å². The standard InChI is InChI=1S/C24H22FN11O10S3.C22H24N6O18S6/c25-21-30-23(27-9-10-47(38,39)40)32-24(31-21)28-14-3-7-17(19(11-14)29-22(26)37)35-36-18-8-4-15(12-20(18)49(44,45)46)34-33-13-1-5-16(6-2-13)48(41,42)43;23-20-17(27-26-16-6-5-15(11-18(16)49(33,34)35)48(31,32)10-8-46-52(42,43)44)12-19(50(36,37)38)21(24)22(20)28-25-13-1-3-14(4-2-13)47(29,30)9-7-45-51(39,40)41/h1-8,11-12H,9-10H2,(H3,26,29,37)(H,38,39,40)(H,41,42,43)(H,44,45,46)(H2,27,28,30,31,32);1-6,11-12H,7-10,23-24H2,(H,33,34,35)(H,36,37,38)(H,39,40,41)(H,42,43,44). The molecule has 2 amide bonds. The van der Waals surface area contributed by atoms with Crippen molar-refractivity contribution in [3.63, 3.8) is 0 Å². The van der Waals surface area contributed by atoms with Gasteiger partial charge in [-0.15, -0.1) is 25.6 Å². The predicted molar refractivity (Wildman–Crippen MR) is 344 cm³/mol. The average Bonchev–Trinajstić information content (AvgIpc) is 0.788. The van der Waals surface area contributed by atoms with Gasteiger partial charge in [-0.2, -0.15) is 93.6 Å². The second-order valence-corrected chi connectivity index (χ2v) is 32.6. The molecular formula is C46H46FN17O28S9. The monoisotopic (exact) mass is 1590 g/mol. The molecule has 101 heavy (non-hydrogen) atoms. The summed E-state index contributed by atoms with van der Waals surface area (Å²) in [6.07, 6.45) is -1.25. The molecule has 7 aromatic rings. The highest BCUT2D eigenvalue weighted by Gasteiger charge is 2.27. The molecule has 0 saturated carbocycles. The van der Waals surface area contributed by atoms with Crippen molar-refractivity contribution in [1.29, 1.82) is 0 Å². The SMILES string of the molecule is NC(=O)Nc1cc(Nc2nc(F)nc(NCCS(=O)(=O)O)n2)ccc1N=Nc1ccc(N=Nc2ccc(S(=O)(=O)O)cc2)cc1S(=O)(=O)O.Nc1c(N=Nc2ccc(S(=O)(=O)CCOS(=O)(=O)O)cc2S(=O)(=O)O)cc(S(=O)(=O)O)c(N)c1N=Nc1ccc(S(=O)(=O)CCOS(=O)(=O)O)cc1. The number of halogens is 1. The Morgan fingerprint density at radius 2 is 0.891 bits per heavy atom. The van der Waals surface area contributed by atoms with E-state index in [1.165, 1.54) is 36.4 Å². The van der Waals surface area contributed by atoms with Crippen molar-refractivity contribution < 1.29 is 125 Å². The maximum absolute atomic E-state index is 14.0. The van der Waals surface area contributed by atoms with E-state index in [1.807, 2.05) is 0 Å². The van der Waals surface area contributed by atoms with Crippen LogP contribution >= 0.6 is 0 Å². The first kappa shape index (κ1) is 80.3. The average molecular weight is 1590 g/mol. The summed E-state index contributed by atoms with van der Waals surface area (Å²) in [6, 6.07) is 17.5. The summed E-state index contributed by atoms with van der Waals surface area (Å²) in [6.45, 7) is -2.31. The molecule has 0 saturated heterocycles. The maximum Gasteiger partial charge on any atom is 0.397 e. The molecule has 1 aromatic heterocycles. The first-order valence-corrected chi connectivity index (χ1v) is 39.4. The second-order valence-electron chi connectivity index (χ2n) is 19.0. The van der Waals surface area contributed by atoms with Crippen molar-refractivity contribution in [3.05, 3.63) is 115 Å². The van der Waals surface area contributed by atoms with Crippen molar-refractivity contribution >= 4 is 177 Å². The summed E-state index contributed by atoms with van der Waals surface area (Å²) >= 11 is 0. The fraction of sp³-hybridized carbons (Fsp3) is 0.130. The van der Waals surface area contributed by atoms with E-state index >= 15 is 0 Å². The molecule has 55 heteroatoms. The van der Waals surface area contributed by atoms with Crippen molar-refractivity contribution in [2.75, 3.05) is 64.4 Å². The van der Waals surface area contributed by atoms with Crippen LogP contribution in [0.1, 0.15) is 0 Å². The van der Waals surface area contributed by atoms with Gasteiger partial charge in [-0.25, -0.2) is 30.0 Å². The van der Waals surface area contributed by atoms with E-state index in [4.69, 9.17) is 35.4 Å². The minimum atomic E-state index is -5.27. The van der Waals surface area contributed by atoms with Gasteiger partial charge in [0.05, 0.1) is 79.3 Å². The molecule has 16 N–H and O–H groups in total. The highest BCUT2D eigenvalue weighted by molar-refractivity contribution is 7.92. The molecule has 0 aliphatic rings. The van der Waals surface area contributed by atoms with Crippen LogP contribution in [0.25, 0.3) is 0 Å². The Morgan fingerprint density at radius 1 is 0.446 bits per heavy atom. The zero-order valence-electron chi connectivity index (χ0n) is 49.5. The summed E-state index contributed by atoms with van der Waals surface area (Å²) in [7, 11) is -42.6. The number of carbonyl (C=O) groups is 1. The maximum atomic E-state index is 14.0. The fourth-order valence-corrected chi connectivity index (χ4v) is 13.2. The lowest BCUT2D eigenvalue weighted by molar-refractivity contribution is 0.259. The van der Waals surface area contributed by atoms with Gasteiger partial charge in [-0.05, 0) is 109 Å². The molecule has 0 atom stereocenters. The third-order valence-electron chi connectivity index (χ3n) is 11.7. The van der Waals surface area contributed by atoms with Crippen molar-refractivity contribution in [3.8, 4) is 0 Å². The van der Waals surface area contributed by atoms with Crippen LogP contribution in [0.3, 0.4) is 0 Å². The van der Waals surface area contributed by atoms with Crippen LogP contribution in [0, 0.1) is 6.08 Å². The smallest absolute Gasteiger partial charge is 0.396 e. The molecule has 0 aliphatic heterocycles. The summed E-state index contributed by atoms with van der Waals surface area (Å²) in [5.41, 5.74) is 13.3. The highest BCUT2D eigenvalue weighted by atomic mass is 32.3. The van der Waals surface area contributed by atoms with Crippen LogP contribution in [0.2, 0.25) is 0 Å². The van der Waals surface area contributed by atoms with Crippen LogP contribution in [0.5, 0.6) is 0 Å². The number of carbonyl (C=O) groups excluding carboxylic acids is 1. The molecule has 7 rings (SSSR count). The van der Waals surface area contributed by atoms with Crippen LogP contribution < -0.4 is 33.2 Å². The van der Waals surface area contributed by atoms with Gasteiger partial charge in [-0.1, -0.05) is 0 Å². The number of hydrogen-bond donors (Lipinski definition) is 13. The van der Waals surface area contributed by atoms with E-state index in [1.54, 1.807) is 0 Å². The first-order valence-electron chi connectivity index (χ1n) is 26.0. The molecule has 0 radical (unpaired) electrons. The Balaban J connectivity index is 0.000000318. The quantitative estimate of drug-likeness (QED) is 0.0162. The zero-order valence-corrected chi connectivity index (χ0v) is 56.9. The van der Waals surface area contributed by atoms with Gasteiger partial charge in [-0.3, -0.25) is 31.9 Å². The lowest BCUT2D eigenvalue weighted by Crippen LogP contribution is -2.19. The number of amides is 2. The van der Waals surface area contributed by atoms with Gasteiger partial charge in [0.2, 0.25) is 11.9 Å². The largest absolute Gasteiger partial charge is 0.397 e. The van der Waals surface area contributed by atoms with E-state index in [-0.39, 0.29) is 68.0 Å². The number of azo groups is 4. The molecule has 0 bridgehead atoms. The van der Waals surface area contributed by atoms with Crippen molar-refractivity contribution in [2.45, 2.75) is 29.4 Å². The Morgan fingerprint density at radius 3 is 1.41 bits per heavy atom. The molecule has 544 valence electrons. The van der Waals surface area contributed by atoms with E-state index in [0.717, 1.165) is 60.7 Å². The summed E-state index contributed by atoms with van der Waals surface area (Å²) in [5, 5.41) is 37.5.